The number of aliphatic hydroxyl groups excluding tert-OH is 1. The van der Waals surface area contributed by atoms with Gasteiger partial charge in [0.15, 0.2) is 11.5 Å². The Kier molecular flexibility index (Phi) is 7.93. The minimum Gasteiger partial charge on any atom is -0.489 e. The molecule has 1 amide bonds. The van der Waals surface area contributed by atoms with Gasteiger partial charge in [-0.25, -0.2) is 0 Å². The number of Topliss-reactive ketones (excluding diaryl/α,β-unsaturated/α-hetero) is 1. The minimum atomic E-state index is -0.503. The highest BCUT2D eigenvalue weighted by Crippen LogP contribution is 2.36. The van der Waals surface area contributed by atoms with E-state index in [1.807, 2.05) is 6.07 Å². The van der Waals surface area contributed by atoms with Crippen LogP contribution in [0.15, 0.2) is 12.1 Å². The van der Waals surface area contributed by atoms with Crippen molar-refractivity contribution in [3.05, 3.63) is 17.7 Å². The van der Waals surface area contributed by atoms with E-state index < -0.39 is 6.10 Å². The number of carbonyl (C=O) groups is 2. The molecule has 8 nitrogen and oxygen atoms in total. The van der Waals surface area contributed by atoms with Gasteiger partial charge in [0.05, 0.1) is 24.9 Å². The Balaban J connectivity index is 1.56. The van der Waals surface area contributed by atoms with Gasteiger partial charge in [-0.2, -0.15) is 0 Å². The van der Waals surface area contributed by atoms with Crippen LogP contribution in [0, 0.1) is 5.92 Å². The topological polar surface area (TPSA) is 100 Å². The van der Waals surface area contributed by atoms with Crippen molar-refractivity contribution in [3.8, 4) is 11.5 Å². The van der Waals surface area contributed by atoms with Crippen LogP contribution in [0.5, 0.6) is 11.5 Å². The van der Waals surface area contributed by atoms with Gasteiger partial charge in [-0.1, -0.05) is 0 Å². The molecule has 0 spiro atoms. The summed E-state index contributed by atoms with van der Waals surface area (Å²) < 4.78 is 11.5. The molecule has 0 unspecified atom stereocenters. The lowest BCUT2D eigenvalue weighted by molar-refractivity contribution is -0.117. The first kappa shape index (κ1) is 22.4. The van der Waals surface area contributed by atoms with Gasteiger partial charge in [-0.3, -0.25) is 4.79 Å². The van der Waals surface area contributed by atoms with E-state index in [1.54, 1.807) is 20.0 Å². The van der Waals surface area contributed by atoms with Gasteiger partial charge < -0.3 is 34.9 Å². The maximum atomic E-state index is 12.9. The van der Waals surface area contributed by atoms with Crippen LogP contribution < -0.4 is 20.1 Å². The van der Waals surface area contributed by atoms with Crippen molar-refractivity contribution in [1.29, 1.82) is 0 Å². The molecule has 2 aliphatic heterocycles. The lowest BCUT2D eigenvalue weighted by Gasteiger charge is -2.36. The number of fused-ring (bicyclic) bond motifs is 1. The van der Waals surface area contributed by atoms with Crippen LogP contribution in [0.25, 0.3) is 0 Å². The predicted octanol–water partition coefficient (Wildman–Crippen LogP) is 1.67. The molecule has 1 aromatic rings. The van der Waals surface area contributed by atoms with Crippen molar-refractivity contribution in [2.45, 2.75) is 38.7 Å². The fraction of sp³-hybridized carbons (Fsp3) is 0.636. The number of β-amino-alcohol motifs (C(OH)–C–C–N with tert-alkyl or cyclic N) is 1. The van der Waals surface area contributed by atoms with E-state index in [0.29, 0.717) is 49.8 Å². The number of anilines is 1. The Labute approximate surface area is 177 Å². The number of rotatable bonds is 8. The summed E-state index contributed by atoms with van der Waals surface area (Å²) in [4.78, 5) is 26.2. The Morgan fingerprint density at radius 3 is 2.80 bits per heavy atom. The highest BCUT2D eigenvalue weighted by molar-refractivity contribution is 5.99. The SMILES string of the molecule is CNc1cc2c(c(C(=O)NC[C@@H]3CCN(CCCC(C)=O)C[C@H]3O)c1)OCCCO2. The summed E-state index contributed by atoms with van der Waals surface area (Å²) in [5.74, 6) is 1.02. The summed E-state index contributed by atoms with van der Waals surface area (Å²) in [6, 6.07) is 3.60. The number of benzene rings is 1. The Hall–Kier alpha value is -2.32. The number of amides is 1. The average Bonchev–Trinajstić information content (AvgIpc) is 2.97. The van der Waals surface area contributed by atoms with Crippen LogP contribution in [0.3, 0.4) is 0 Å². The molecule has 30 heavy (non-hydrogen) atoms. The lowest BCUT2D eigenvalue weighted by Crippen LogP contribution is -2.47. The van der Waals surface area contributed by atoms with E-state index in [0.717, 1.165) is 38.0 Å². The summed E-state index contributed by atoms with van der Waals surface area (Å²) in [7, 11) is 1.79. The smallest absolute Gasteiger partial charge is 0.255 e. The van der Waals surface area contributed by atoms with Crippen molar-refractivity contribution >= 4 is 17.4 Å². The quantitative estimate of drug-likeness (QED) is 0.589. The number of aliphatic hydroxyl groups is 1. The van der Waals surface area contributed by atoms with Gasteiger partial charge in [0, 0.05) is 50.7 Å². The Morgan fingerprint density at radius 1 is 1.27 bits per heavy atom. The molecular weight excluding hydrogens is 386 g/mol. The molecule has 2 heterocycles. The largest absolute Gasteiger partial charge is 0.489 e. The number of nitrogens with zero attached hydrogens (tertiary/aromatic N) is 1. The predicted molar refractivity (Wildman–Crippen MR) is 114 cm³/mol. The third kappa shape index (κ3) is 5.86. The van der Waals surface area contributed by atoms with Crippen molar-refractivity contribution in [2.75, 3.05) is 51.8 Å². The van der Waals surface area contributed by atoms with Crippen LogP contribution in [0.1, 0.15) is 43.0 Å². The zero-order chi connectivity index (χ0) is 21.5. The van der Waals surface area contributed by atoms with Crippen LogP contribution >= 0.6 is 0 Å². The molecule has 0 aromatic heterocycles. The third-order valence-corrected chi connectivity index (χ3v) is 5.71. The van der Waals surface area contributed by atoms with Gasteiger partial charge in [0.1, 0.15) is 5.78 Å². The summed E-state index contributed by atoms with van der Waals surface area (Å²) in [6.45, 7) is 5.31. The van der Waals surface area contributed by atoms with Crippen LogP contribution in [0.2, 0.25) is 0 Å². The molecule has 1 saturated heterocycles. The fourth-order valence-electron chi connectivity index (χ4n) is 3.94. The zero-order valence-electron chi connectivity index (χ0n) is 17.9. The average molecular weight is 420 g/mol. The Bertz CT molecular complexity index is 755. The molecule has 0 saturated carbocycles. The van der Waals surface area contributed by atoms with Crippen molar-refractivity contribution in [3.63, 3.8) is 0 Å². The number of ether oxygens (including phenoxy) is 2. The molecule has 1 fully saturated rings. The monoisotopic (exact) mass is 419 g/mol. The Morgan fingerprint density at radius 2 is 2.07 bits per heavy atom. The number of likely N-dealkylation sites (tertiary alicyclic amines) is 1. The van der Waals surface area contributed by atoms with Gasteiger partial charge >= 0.3 is 0 Å². The minimum absolute atomic E-state index is 0.00117. The van der Waals surface area contributed by atoms with Crippen molar-refractivity contribution < 1.29 is 24.2 Å². The molecule has 3 rings (SSSR count). The number of carbonyl (C=O) groups excluding carboxylic acids is 2. The molecule has 8 heteroatoms. The number of hydrogen-bond acceptors (Lipinski definition) is 7. The normalized spacial score (nSPS) is 21.6. The second-order valence-electron chi connectivity index (χ2n) is 8.08. The summed E-state index contributed by atoms with van der Waals surface area (Å²) >= 11 is 0. The van der Waals surface area contributed by atoms with E-state index >= 15 is 0 Å². The maximum Gasteiger partial charge on any atom is 0.255 e. The second-order valence-corrected chi connectivity index (χ2v) is 8.08. The fourth-order valence-corrected chi connectivity index (χ4v) is 3.94. The molecule has 0 radical (unpaired) electrons. The molecule has 2 atom stereocenters. The van der Waals surface area contributed by atoms with Crippen molar-refractivity contribution in [2.24, 2.45) is 5.92 Å². The lowest BCUT2D eigenvalue weighted by atomic mass is 9.93. The standard InChI is InChI=1S/C22H33N3O5/c1-15(26)5-3-7-25-8-6-16(19(27)14-25)13-24-22(28)18-11-17(23-2)12-20-21(18)30-10-4-9-29-20/h11-12,16,19,23,27H,3-10,13-14H2,1-2H3,(H,24,28)/t16-,19+/m0/s1. The second kappa shape index (κ2) is 10.6. The summed E-state index contributed by atoms with van der Waals surface area (Å²) in [6.07, 6.45) is 2.46. The molecule has 2 aliphatic rings. The molecule has 166 valence electrons. The highest BCUT2D eigenvalue weighted by atomic mass is 16.5. The molecule has 0 bridgehead atoms. The van der Waals surface area contributed by atoms with E-state index in [1.165, 1.54) is 0 Å². The van der Waals surface area contributed by atoms with Crippen molar-refractivity contribution in [1.82, 2.24) is 10.2 Å². The van der Waals surface area contributed by atoms with Gasteiger partial charge in [-0.05, 0) is 38.9 Å². The molecule has 0 aliphatic carbocycles. The number of ketones is 1. The van der Waals surface area contributed by atoms with Gasteiger partial charge in [0.2, 0.25) is 0 Å². The van der Waals surface area contributed by atoms with Crippen LogP contribution in [-0.4, -0.2) is 74.2 Å². The third-order valence-electron chi connectivity index (χ3n) is 5.71. The zero-order valence-corrected chi connectivity index (χ0v) is 17.9. The first-order valence-electron chi connectivity index (χ1n) is 10.8. The van der Waals surface area contributed by atoms with E-state index in [4.69, 9.17) is 9.47 Å². The number of piperidine rings is 1. The van der Waals surface area contributed by atoms with E-state index in [9.17, 15) is 14.7 Å². The maximum absolute atomic E-state index is 12.9. The first-order chi connectivity index (χ1) is 14.5. The first-order valence-corrected chi connectivity index (χ1v) is 10.8. The van der Waals surface area contributed by atoms with E-state index in [2.05, 4.69) is 15.5 Å². The molecular formula is C22H33N3O5. The van der Waals surface area contributed by atoms with Gasteiger partial charge in [-0.15, -0.1) is 0 Å². The molecule has 3 N–H and O–H groups in total. The summed E-state index contributed by atoms with van der Waals surface area (Å²) in [5.41, 5.74) is 1.22. The number of hydrogen-bond donors (Lipinski definition) is 3. The van der Waals surface area contributed by atoms with E-state index in [-0.39, 0.29) is 17.6 Å². The van der Waals surface area contributed by atoms with Crippen LogP contribution in [-0.2, 0) is 4.79 Å². The van der Waals surface area contributed by atoms with Crippen LogP contribution in [0.4, 0.5) is 5.69 Å². The van der Waals surface area contributed by atoms with Gasteiger partial charge in [0.25, 0.3) is 5.91 Å². The number of nitrogens with one attached hydrogen (secondary N) is 2. The summed E-state index contributed by atoms with van der Waals surface area (Å²) in [5, 5.41) is 16.5. The molecule has 1 aromatic carbocycles. The highest BCUT2D eigenvalue weighted by Gasteiger charge is 2.28.